The summed E-state index contributed by atoms with van der Waals surface area (Å²) in [7, 11) is 0. The monoisotopic (exact) mass is 597 g/mol. The highest BCUT2D eigenvalue weighted by Crippen LogP contribution is 2.32. The van der Waals surface area contributed by atoms with Gasteiger partial charge < -0.3 is 10.2 Å². The molecule has 1 amide bonds. The van der Waals surface area contributed by atoms with Crippen LogP contribution in [0.5, 0.6) is 0 Å². The van der Waals surface area contributed by atoms with Gasteiger partial charge in [0.25, 0.3) is 5.91 Å². The average Bonchev–Trinajstić information content (AvgIpc) is 2.97. The Bertz CT molecular complexity index is 1540. The number of alkyl halides is 6. The molecule has 1 aliphatic rings. The highest BCUT2D eigenvalue weighted by Gasteiger charge is 2.30. The number of carbonyl (C=O) groups excluding carboxylic acids is 1. The van der Waals surface area contributed by atoms with Crippen LogP contribution < -0.4 is 10.2 Å². The predicted molar refractivity (Wildman–Crippen MR) is 155 cm³/mol. The summed E-state index contributed by atoms with van der Waals surface area (Å²) in [5, 5.41) is 2.87. The Labute approximate surface area is 245 Å². The van der Waals surface area contributed by atoms with E-state index in [1.165, 1.54) is 18.2 Å². The Morgan fingerprint density at radius 1 is 0.721 bits per heavy atom. The molecule has 0 saturated carbocycles. The molecule has 43 heavy (non-hydrogen) atoms. The highest BCUT2D eigenvalue weighted by atomic mass is 19.4. The molecule has 4 nitrogen and oxygen atoms in total. The molecule has 0 aliphatic carbocycles. The van der Waals surface area contributed by atoms with E-state index in [1.807, 2.05) is 18.2 Å². The van der Waals surface area contributed by atoms with E-state index in [-0.39, 0.29) is 11.5 Å². The Morgan fingerprint density at radius 2 is 1.37 bits per heavy atom. The van der Waals surface area contributed by atoms with Gasteiger partial charge in [-0.1, -0.05) is 54.6 Å². The smallest absolute Gasteiger partial charge is 0.369 e. The molecule has 1 N–H and O–H groups in total. The van der Waals surface area contributed by atoms with Crippen LogP contribution in [0.4, 0.5) is 37.7 Å². The maximum atomic E-state index is 13.1. The molecular weight excluding hydrogens is 568 g/mol. The van der Waals surface area contributed by atoms with Crippen molar-refractivity contribution in [3.8, 4) is 11.1 Å². The van der Waals surface area contributed by atoms with Crippen LogP contribution in [0.15, 0.2) is 97.1 Å². The van der Waals surface area contributed by atoms with Gasteiger partial charge in [-0.2, -0.15) is 26.3 Å². The maximum absolute atomic E-state index is 13.1. The number of anilines is 2. The van der Waals surface area contributed by atoms with Crippen molar-refractivity contribution in [3.63, 3.8) is 0 Å². The fourth-order valence-corrected chi connectivity index (χ4v) is 5.22. The summed E-state index contributed by atoms with van der Waals surface area (Å²) in [5.74, 6) is -0.379. The van der Waals surface area contributed by atoms with Gasteiger partial charge >= 0.3 is 12.4 Å². The molecule has 1 saturated heterocycles. The zero-order valence-electron chi connectivity index (χ0n) is 23.1. The minimum Gasteiger partial charge on any atom is -0.369 e. The van der Waals surface area contributed by atoms with Gasteiger partial charge in [-0.05, 0) is 64.7 Å². The first-order chi connectivity index (χ1) is 20.4. The second-order valence-electron chi connectivity index (χ2n) is 10.5. The Kier molecular flexibility index (Phi) is 8.77. The highest BCUT2D eigenvalue weighted by molar-refractivity contribution is 6.08. The van der Waals surface area contributed by atoms with Gasteiger partial charge in [-0.15, -0.1) is 0 Å². The number of hydrogen-bond acceptors (Lipinski definition) is 3. The number of rotatable bonds is 7. The summed E-state index contributed by atoms with van der Waals surface area (Å²) in [6, 6.07) is 25.5. The lowest BCUT2D eigenvalue weighted by atomic mass is 9.98. The van der Waals surface area contributed by atoms with Crippen LogP contribution in [0.25, 0.3) is 11.1 Å². The van der Waals surface area contributed by atoms with Crippen LogP contribution in [0, 0.1) is 0 Å². The third-order valence-electron chi connectivity index (χ3n) is 7.36. The van der Waals surface area contributed by atoms with Crippen molar-refractivity contribution < 1.29 is 31.1 Å². The number of benzene rings is 4. The van der Waals surface area contributed by atoms with E-state index in [2.05, 4.69) is 15.1 Å². The van der Waals surface area contributed by atoms with Crippen molar-refractivity contribution in [1.29, 1.82) is 0 Å². The van der Waals surface area contributed by atoms with Gasteiger partial charge in [0.15, 0.2) is 0 Å². The lowest BCUT2D eigenvalue weighted by Crippen LogP contribution is -2.45. The number of hydrogen-bond donors (Lipinski definition) is 1. The lowest BCUT2D eigenvalue weighted by molar-refractivity contribution is -0.137. The average molecular weight is 598 g/mol. The van der Waals surface area contributed by atoms with E-state index in [1.54, 1.807) is 48.5 Å². The van der Waals surface area contributed by atoms with Crippen LogP contribution in [-0.4, -0.2) is 43.2 Å². The summed E-state index contributed by atoms with van der Waals surface area (Å²) in [4.78, 5) is 17.6. The van der Waals surface area contributed by atoms with Gasteiger partial charge in [0.2, 0.25) is 0 Å². The van der Waals surface area contributed by atoms with E-state index in [4.69, 9.17) is 0 Å². The molecule has 4 aromatic rings. The zero-order valence-corrected chi connectivity index (χ0v) is 23.1. The molecule has 0 unspecified atom stereocenters. The molecular formula is C33H29F6N3O. The fraction of sp³-hybridized carbons (Fsp3) is 0.242. The van der Waals surface area contributed by atoms with Crippen molar-refractivity contribution in [2.45, 2.75) is 25.3 Å². The van der Waals surface area contributed by atoms with Gasteiger partial charge in [0.05, 0.1) is 12.0 Å². The standard InChI is InChI=1S/C33H29F6N3O/c34-32(35,36)21-23-4-3-5-24(20-23)22-41-16-18-42(19-17-41)28-14-12-27(13-15-28)40-31(43)30-7-2-1-6-29(30)25-8-10-26(11-9-25)33(37,38)39/h1-15,20H,16-19,21-22H2,(H,40,43). The van der Waals surface area contributed by atoms with Crippen LogP contribution in [0.2, 0.25) is 0 Å². The lowest BCUT2D eigenvalue weighted by Gasteiger charge is -2.36. The van der Waals surface area contributed by atoms with Crippen LogP contribution in [0.1, 0.15) is 27.0 Å². The molecule has 0 bridgehead atoms. The first kappa shape index (κ1) is 30.2. The quantitative estimate of drug-likeness (QED) is 0.219. The molecule has 0 spiro atoms. The summed E-state index contributed by atoms with van der Waals surface area (Å²) in [6.45, 7) is 3.58. The normalized spacial score (nSPS) is 14.5. The molecule has 1 heterocycles. The van der Waals surface area contributed by atoms with Crippen LogP contribution >= 0.6 is 0 Å². The molecule has 0 radical (unpaired) electrons. The second kappa shape index (κ2) is 12.5. The summed E-state index contributed by atoms with van der Waals surface area (Å²) < 4.78 is 77.2. The van der Waals surface area contributed by atoms with E-state index >= 15 is 0 Å². The number of piperazine rings is 1. The van der Waals surface area contributed by atoms with E-state index in [0.717, 1.165) is 49.6 Å². The number of carbonyl (C=O) groups is 1. The molecule has 1 aliphatic heterocycles. The Hall–Kier alpha value is -4.31. The molecule has 4 aromatic carbocycles. The largest absolute Gasteiger partial charge is 0.416 e. The van der Waals surface area contributed by atoms with Gasteiger partial charge in [-0.25, -0.2) is 0 Å². The molecule has 5 rings (SSSR count). The number of nitrogens with zero attached hydrogens (tertiary/aromatic N) is 2. The van der Waals surface area contributed by atoms with Crippen molar-refractivity contribution in [1.82, 2.24) is 4.90 Å². The maximum Gasteiger partial charge on any atom is 0.416 e. The minimum absolute atomic E-state index is 0.263. The molecule has 0 aromatic heterocycles. The van der Waals surface area contributed by atoms with Crippen LogP contribution in [-0.2, 0) is 19.1 Å². The zero-order chi connectivity index (χ0) is 30.6. The Balaban J connectivity index is 1.17. The third-order valence-corrected chi connectivity index (χ3v) is 7.36. The molecule has 1 fully saturated rings. The van der Waals surface area contributed by atoms with Crippen molar-refractivity contribution in [2.24, 2.45) is 0 Å². The number of amides is 1. The van der Waals surface area contributed by atoms with E-state index in [9.17, 15) is 31.1 Å². The molecule has 0 atom stereocenters. The number of nitrogens with one attached hydrogen (secondary N) is 1. The van der Waals surface area contributed by atoms with Gasteiger partial charge in [0, 0.05) is 49.7 Å². The van der Waals surface area contributed by atoms with Crippen molar-refractivity contribution >= 4 is 17.3 Å². The predicted octanol–water partition coefficient (Wildman–Crippen LogP) is 8.05. The minimum atomic E-state index is -4.44. The van der Waals surface area contributed by atoms with E-state index in [0.29, 0.717) is 28.9 Å². The summed E-state index contributed by atoms with van der Waals surface area (Å²) in [5.41, 5.74) is 3.29. The SMILES string of the molecule is O=C(Nc1ccc(N2CCN(Cc3cccc(CC(F)(F)F)c3)CC2)cc1)c1ccccc1-c1ccc(C(F)(F)F)cc1. The first-order valence-electron chi connectivity index (χ1n) is 13.7. The van der Waals surface area contributed by atoms with Gasteiger partial charge in [-0.3, -0.25) is 9.69 Å². The van der Waals surface area contributed by atoms with Crippen molar-refractivity contribution in [3.05, 3.63) is 119 Å². The van der Waals surface area contributed by atoms with E-state index < -0.39 is 24.3 Å². The third kappa shape index (κ3) is 7.95. The second-order valence-corrected chi connectivity index (χ2v) is 10.5. The number of halogens is 6. The van der Waals surface area contributed by atoms with Crippen LogP contribution in [0.3, 0.4) is 0 Å². The molecule has 224 valence electrons. The Morgan fingerprint density at radius 3 is 2.02 bits per heavy atom. The molecule has 10 heteroatoms. The summed E-state index contributed by atoms with van der Waals surface area (Å²) >= 11 is 0. The summed E-state index contributed by atoms with van der Waals surface area (Å²) in [6.07, 6.45) is -9.61. The topological polar surface area (TPSA) is 35.6 Å². The van der Waals surface area contributed by atoms with Crippen molar-refractivity contribution in [2.75, 3.05) is 36.4 Å². The first-order valence-corrected chi connectivity index (χ1v) is 13.7. The van der Waals surface area contributed by atoms with Gasteiger partial charge in [0.1, 0.15) is 0 Å². The fourth-order valence-electron chi connectivity index (χ4n) is 5.22.